The maximum absolute atomic E-state index is 11.9. The van der Waals surface area contributed by atoms with Crippen LogP contribution in [0.2, 0.25) is 5.15 Å². The molecule has 6 heteroatoms. The van der Waals surface area contributed by atoms with Crippen LogP contribution in [0.1, 0.15) is 32.8 Å². The summed E-state index contributed by atoms with van der Waals surface area (Å²) in [6.07, 6.45) is 2.28. The van der Waals surface area contributed by atoms with Gasteiger partial charge in [-0.05, 0) is 38.8 Å². The van der Waals surface area contributed by atoms with E-state index in [0.717, 1.165) is 12.0 Å². The summed E-state index contributed by atoms with van der Waals surface area (Å²) in [4.78, 5) is 17.6. The van der Waals surface area contributed by atoms with Gasteiger partial charge in [0.1, 0.15) is 10.8 Å². The highest BCUT2D eigenvalue weighted by Gasteiger charge is 2.30. The molecule has 1 aliphatic heterocycles. The number of aromatic nitrogens is 1. The number of likely N-dealkylation sites (tertiary alicyclic amines) is 1. The van der Waals surface area contributed by atoms with Gasteiger partial charge in [0, 0.05) is 12.7 Å². The lowest BCUT2D eigenvalue weighted by atomic mass is 10.2. The lowest BCUT2D eigenvalue weighted by Crippen LogP contribution is -2.36. The first-order valence-electron chi connectivity index (χ1n) is 7.03. The molecule has 1 atom stereocenters. The molecule has 0 bridgehead atoms. The SMILES string of the molecule is CC(C)(C)OC(=O)N1CC[C@H](OCc2ccc(Cl)nc2)C1. The maximum Gasteiger partial charge on any atom is 0.410 e. The number of nitrogens with zero attached hydrogens (tertiary/aromatic N) is 2. The fourth-order valence-electron chi connectivity index (χ4n) is 2.06. The Bertz CT molecular complexity index is 485. The van der Waals surface area contributed by atoms with E-state index < -0.39 is 5.60 Å². The largest absolute Gasteiger partial charge is 0.444 e. The average Bonchev–Trinajstić information content (AvgIpc) is 2.85. The van der Waals surface area contributed by atoms with Gasteiger partial charge >= 0.3 is 6.09 Å². The number of hydrogen-bond acceptors (Lipinski definition) is 4. The van der Waals surface area contributed by atoms with Crippen molar-refractivity contribution in [3.8, 4) is 0 Å². The van der Waals surface area contributed by atoms with Crippen molar-refractivity contribution < 1.29 is 14.3 Å². The number of carbonyl (C=O) groups excluding carboxylic acids is 1. The van der Waals surface area contributed by atoms with E-state index in [-0.39, 0.29) is 12.2 Å². The molecule has 0 aliphatic carbocycles. The zero-order valence-corrected chi connectivity index (χ0v) is 13.4. The van der Waals surface area contributed by atoms with Crippen LogP contribution in [-0.4, -0.2) is 40.8 Å². The van der Waals surface area contributed by atoms with Crippen LogP contribution in [0.3, 0.4) is 0 Å². The van der Waals surface area contributed by atoms with Crippen molar-refractivity contribution in [3.05, 3.63) is 29.0 Å². The minimum absolute atomic E-state index is 0.0354. The molecule has 1 aliphatic rings. The normalized spacial score (nSPS) is 18.9. The average molecular weight is 313 g/mol. The van der Waals surface area contributed by atoms with Crippen molar-refractivity contribution in [3.63, 3.8) is 0 Å². The number of ether oxygens (including phenoxy) is 2. The fraction of sp³-hybridized carbons (Fsp3) is 0.600. The molecule has 2 rings (SSSR count). The van der Waals surface area contributed by atoms with Crippen LogP contribution in [0.5, 0.6) is 0 Å². The first kappa shape index (κ1) is 16.0. The fourth-order valence-corrected chi connectivity index (χ4v) is 2.17. The summed E-state index contributed by atoms with van der Waals surface area (Å²) < 4.78 is 11.2. The van der Waals surface area contributed by atoms with E-state index in [1.165, 1.54) is 0 Å². The number of rotatable bonds is 3. The zero-order chi connectivity index (χ0) is 15.5. The standard InChI is InChI=1S/C15H21ClN2O3/c1-15(2,3)21-14(19)18-7-6-12(9-18)20-10-11-4-5-13(16)17-8-11/h4-5,8,12H,6-7,9-10H2,1-3H3/t12-/m0/s1. The number of halogens is 1. The molecule has 0 N–H and O–H groups in total. The van der Waals surface area contributed by atoms with Gasteiger partial charge in [0.05, 0.1) is 19.3 Å². The minimum Gasteiger partial charge on any atom is -0.444 e. The molecule has 0 radical (unpaired) electrons. The third-order valence-electron chi connectivity index (χ3n) is 3.07. The molecule has 1 aromatic rings. The van der Waals surface area contributed by atoms with Crippen LogP contribution >= 0.6 is 11.6 Å². The van der Waals surface area contributed by atoms with Crippen molar-refractivity contribution in [2.45, 2.75) is 45.5 Å². The summed E-state index contributed by atoms with van der Waals surface area (Å²) in [5.41, 5.74) is 0.500. The van der Waals surface area contributed by atoms with Gasteiger partial charge in [0.2, 0.25) is 0 Å². The van der Waals surface area contributed by atoms with Gasteiger partial charge in [-0.2, -0.15) is 0 Å². The van der Waals surface area contributed by atoms with Crippen molar-refractivity contribution in [2.75, 3.05) is 13.1 Å². The quantitative estimate of drug-likeness (QED) is 0.804. The van der Waals surface area contributed by atoms with Crippen LogP contribution in [0.4, 0.5) is 4.79 Å². The summed E-state index contributed by atoms with van der Waals surface area (Å²) in [5.74, 6) is 0. The molecule has 0 unspecified atom stereocenters. The molecule has 1 aromatic heterocycles. The van der Waals surface area contributed by atoms with Crippen molar-refractivity contribution in [1.82, 2.24) is 9.88 Å². The molecule has 1 amide bonds. The van der Waals surface area contributed by atoms with E-state index in [9.17, 15) is 4.79 Å². The van der Waals surface area contributed by atoms with Crippen LogP contribution in [0, 0.1) is 0 Å². The second kappa shape index (κ2) is 6.62. The predicted molar refractivity (Wildman–Crippen MR) is 80.2 cm³/mol. The van der Waals surface area contributed by atoms with E-state index in [1.807, 2.05) is 26.8 Å². The molecule has 1 fully saturated rings. The molecule has 21 heavy (non-hydrogen) atoms. The Morgan fingerprint density at radius 2 is 2.24 bits per heavy atom. The molecule has 2 heterocycles. The molecular weight excluding hydrogens is 292 g/mol. The molecule has 0 spiro atoms. The molecule has 116 valence electrons. The van der Waals surface area contributed by atoms with Gasteiger partial charge in [-0.25, -0.2) is 9.78 Å². The predicted octanol–water partition coefficient (Wildman–Crippen LogP) is 3.26. The second-order valence-corrected chi connectivity index (χ2v) is 6.52. The van der Waals surface area contributed by atoms with Gasteiger partial charge in [0.25, 0.3) is 0 Å². The Hall–Kier alpha value is -1.33. The maximum atomic E-state index is 11.9. The number of pyridine rings is 1. The third kappa shape index (κ3) is 5.17. The van der Waals surface area contributed by atoms with Gasteiger partial charge in [-0.3, -0.25) is 0 Å². The van der Waals surface area contributed by atoms with Crippen LogP contribution in [0.15, 0.2) is 18.3 Å². The Morgan fingerprint density at radius 1 is 1.48 bits per heavy atom. The summed E-state index contributed by atoms with van der Waals surface area (Å²) in [6.45, 7) is 7.29. The van der Waals surface area contributed by atoms with E-state index >= 15 is 0 Å². The smallest absolute Gasteiger partial charge is 0.410 e. The monoisotopic (exact) mass is 312 g/mol. The Morgan fingerprint density at radius 3 is 2.86 bits per heavy atom. The second-order valence-electron chi connectivity index (χ2n) is 6.14. The van der Waals surface area contributed by atoms with Gasteiger partial charge in [-0.15, -0.1) is 0 Å². The van der Waals surface area contributed by atoms with Gasteiger partial charge in [0.15, 0.2) is 0 Å². The van der Waals surface area contributed by atoms with Crippen molar-refractivity contribution in [2.24, 2.45) is 0 Å². The minimum atomic E-state index is -0.467. The lowest BCUT2D eigenvalue weighted by Gasteiger charge is -2.24. The molecule has 0 aromatic carbocycles. The zero-order valence-electron chi connectivity index (χ0n) is 12.6. The molecular formula is C15H21ClN2O3. The third-order valence-corrected chi connectivity index (χ3v) is 3.29. The topological polar surface area (TPSA) is 51.7 Å². The number of amides is 1. The van der Waals surface area contributed by atoms with E-state index in [0.29, 0.717) is 24.8 Å². The molecule has 5 nitrogen and oxygen atoms in total. The Balaban J connectivity index is 1.77. The first-order chi connectivity index (χ1) is 9.83. The number of carbonyl (C=O) groups is 1. The highest BCUT2D eigenvalue weighted by Crippen LogP contribution is 2.18. The number of hydrogen-bond donors (Lipinski definition) is 0. The van der Waals surface area contributed by atoms with Gasteiger partial charge < -0.3 is 14.4 Å². The van der Waals surface area contributed by atoms with Crippen molar-refractivity contribution >= 4 is 17.7 Å². The highest BCUT2D eigenvalue weighted by molar-refractivity contribution is 6.29. The summed E-state index contributed by atoms with van der Waals surface area (Å²) in [6, 6.07) is 3.62. The van der Waals surface area contributed by atoms with E-state index in [4.69, 9.17) is 21.1 Å². The molecule has 1 saturated heterocycles. The van der Waals surface area contributed by atoms with Crippen LogP contribution in [-0.2, 0) is 16.1 Å². The van der Waals surface area contributed by atoms with Gasteiger partial charge in [-0.1, -0.05) is 17.7 Å². The Labute approximate surface area is 130 Å². The first-order valence-corrected chi connectivity index (χ1v) is 7.41. The van der Waals surface area contributed by atoms with Crippen LogP contribution < -0.4 is 0 Å². The van der Waals surface area contributed by atoms with E-state index in [1.54, 1.807) is 17.2 Å². The summed E-state index contributed by atoms with van der Waals surface area (Å²) >= 11 is 5.74. The Kier molecular flexibility index (Phi) is 5.06. The van der Waals surface area contributed by atoms with Crippen LogP contribution in [0.25, 0.3) is 0 Å². The highest BCUT2D eigenvalue weighted by atomic mass is 35.5. The summed E-state index contributed by atoms with van der Waals surface area (Å²) in [5, 5.41) is 0.468. The summed E-state index contributed by atoms with van der Waals surface area (Å²) in [7, 11) is 0. The van der Waals surface area contributed by atoms with E-state index in [2.05, 4.69) is 4.98 Å². The van der Waals surface area contributed by atoms with Crippen molar-refractivity contribution in [1.29, 1.82) is 0 Å². The molecule has 0 saturated carbocycles. The lowest BCUT2D eigenvalue weighted by molar-refractivity contribution is 0.0184.